The molecule has 0 spiro atoms. The van der Waals surface area contributed by atoms with Crippen LogP contribution in [0.2, 0.25) is 0 Å². The fourth-order valence-corrected chi connectivity index (χ4v) is 3.95. The Kier molecular flexibility index (Phi) is 4.98. The number of rotatable bonds is 5. The Labute approximate surface area is 189 Å². The number of nitrogens with one attached hydrogen (secondary N) is 1. The standard InChI is InChI=1S/C27H21NO5/c1-15-8-10-17(11-9-15)25(29)26-24(19-6-4-5-7-21(19)33-26)28-27(30)23-16(2)32-22-13-12-18(31-3)14-20(22)23/h4-14H,1-3H3,(H,28,30). The van der Waals surface area contributed by atoms with Gasteiger partial charge in [-0.1, -0.05) is 42.0 Å². The third kappa shape index (κ3) is 3.55. The summed E-state index contributed by atoms with van der Waals surface area (Å²) in [4.78, 5) is 26.7. The molecule has 33 heavy (non-hydrogen) atoms. The maximum Gasteiger partial charge on any atom is 0.259 e. The summed E-state index contributed by atoms with van der Waals surface area (Å²) < 4.78 is 17.0. The summed E-state index contributed by atoms with van der Waals surface area (Å²) in [6.07, 6.45) is 0. The maximum atomic E-state index is 13.4. The summed E-state index contributed by atoms with van der Waals surface area (Å²) in [5.74, 6) is 0.453. The lowest BCUT2D eigenvalue weighted by atomic mass is 10.0. The molecule has 6 nitrogen and oxygen atoms in total. The smallest absolute Gasteiger partial charge is 0.259 e. The number of hydrogen-bond acceptors (Lipinski definition) is 5. The molecule has 0 saturated carbocycles. The first-order valence-electron chi connectivity index (χ1n) is 10.5. The van der Waals surface area contributed by atoms with Gasteiger partial charge >= 0.3 is 0 Å². The molecule has 0 aliphatic heterocycles. The molecule has 5 aromatic rings. The number of furan rings is 2. The van der Waals surface area contributed by atoms with Crippen molar-refractivity contribution >= 4 is 39.3 Å². The van der Waals surface area contributed by atoms with Crippen molar-refractivity contribution in [3.8, 4) is 5.75 Å². The zero-order valence-electron chi connectivity index (χ0n) is 18.4. The van der Waals surface area contributed by atoms with Gasteiger partial charge in [-0.25, -0.2) is 0 Å². The SMILES string of the molecule is COc1ccc2oc(C)c(C(=O)Nc3c(C(=O)c4ccc(C)cc4)oc4ccccc34)c2c1. The normalized spacial score (nSPS) is 11.1. The number of hydrogen-bond donors (Lipinski definition) is 1. The van der Waals surface area contributed by atoms with Crippen LogP contribution in [-0.2, 0) is 0 Å². The third-order valence-electron chi connectivity index (χ3n) is 5.65. The van der Waals surface area contributed by atoms with Crippen molar-refractivity contribution in [2.24, 2.45) is 0 Å². The molecule has 0 saturated heterocycles. The number of aryl methyl sites for hydroxylation is 2. The van der Waals surface area contributed by atoms with Crippen LogP contribution in [0.1, 0.15) is 37.8 Å². The largest absolute Gasteiger partial charge is 0.497 e. The molecule has 0 aliphatic rings. The molecule has 0 radical (unpaired) electrons. The lowest BCUT2D eigenvalue weighted by molar-refractivity contribution is 0.101. The summed E-state index contributed by atoms with van der Waals surface area (Å²) >= 11 is 0. The monoisotopic (exact) mass is 439 g/mol. The second-order valence-corrected chi connectivity index (χ2v) is 7.85. The number of benzene rings is 3. The quantitative estimate of drug-likeness (QED) is 0.326. The first-order valence-corrected chi connectivity index (χ1v) is 10.5. The van der Waals surface area contributed by atoms with Gasteiger partial charge in [-0.2, -0.15) is 0 Å². The lowest BCUT2D eigenvalue weighted by Crippen LogP contribution is -2.15. The molecule has 6 heteroatoms. The minimum absolute atomic E-state index is 0.0800. The number of ketones is 1. The highest BCUT2D eigenvalue weighted by atomic mass is 16.5. The van der Waals surface area contributed by atoms with Gasteiger partial charge in [0.2, 0.25) is 5.78 Å². The summed E-state index contributed by atoms with van der Waals surface area (Å²) in [6.45, 7) is 3.68. The van der Waals surface area contributed by atoms with E-state index in [1.54, 1.807) is 50.4 Å². The van der Waals surface area contributed by atoms with E-state index in [0.717, 1.165) is 5.56 Å². The number of fused-ring (bicyclic) bond motifs is 2. The van der Waals surface area contributed by atoms with Crippen molar-refractivity contribution in [1.82, 2.24) is 0 Å². The topological polar surface area (TPSA) is 81.7 Å². The van der Waals surface area contributed by atoms with Crippen LogP contribution in [-0.4, -0.2) is 18.8 Å². The summed E-state index contributed by atoms with van der Waals surface area (Å²) in [5.41, 5.74) is 3.32. The molecule has 1 amide bonds. The molecule has 0 atom stereocenters. The van der Waals surface area contributed by atoms with Crippen LogP contribution in [0.4, 0.5) is 5.69 Å². The summed E-state index contributed by atoms with van der Waals surface area (Å²) in [5, 5.41) is 4.19. The van der Waals surface area contributed by atoms with Crippen LogP contribution in [0.15, 0.2) is 75.6 Å². The molecular weight excluding hydrogens is 418 g/mol. The first-order chi connectivity index (χ1) is 16.0. The highest BCUT2D eigenvalue weighted by Crippen LogP contribution is 2.35. The van der Waals surface area contributed by atoms with Crippen LogP contribution in [0.3, 0.4) is 0 Å². The number of amides is 1. The second kappa shape index (κ2) is 7.98. The van der Waals surface area contributed by atoms with Gasteiger partial charge in [0.1, 0.15) is 22.7 Å². The predicted molar refractivity (Wildman–Crippen MR) is 126 cm³/mol. The second-order valence-electron chi connectivity index (χ2n) is 7.85. The molecule has 5 rings (SSSR count). The molecule has 2 aromatic heterocycles. The zero-order chi connectivity index (χ0) is 23.1. The molecule has 1 N–H and O–H groups in total. The van der Waals surface area contributed by atoms with E-state index in [0.29, 0.717) is 50.3 Å². The Morgan fingerprint density at radius 2 is 1.58 bits per heavy atom. The van der Waals surface area contributed by atoms with E-state index in [4.69, 9.17) is 13.6 Å². The number of anilines is 1. The number of ether oxygens (including phenoxy) is 1. The molecule has 164 valence electrons. The van der Waals surface area contributed by atoms with Crippen LogP contribution >= 0.6 is 0 Å². The van der Waals surface area contributed by atoms with Crippen molar-refractivity contribution < 1.29 is 23.2 Å². The van der Waals surface area contributed by atoms with E-state index in [1.165, 1.54) is 0 Å². The fourth-order valence-electron chi connectivity index (χ4n) is 3.95. The molecule has 0 bridgehead atoms. The van der Waals surface area contributed by atoms with Crippen LogP contribution in [0, 0.1) is 13.8 Å². The summed E-state index contributed by atoms with van der Waals surface area (Å²) in [7, 11) is 1.56. The van der Waals surface area contributed by atoms with Crippen LogP contribution < -0.4 is 10.1 Å². The van der Waals surface area contributed by atoms with E-state index in [9.17, 15) is 9.59 Å². The van der Waals surface area contributed by atoms with E-state index in [-0.39, 0.29) is 11.5 Å². The van der Waals surface area contributed by atoms with E-state index < -0.39 is 5.91 Å². The molecule has 0 unspecified atom stereocenters. The number of carbonyl (C=O) groups is 2. The Balaban J connectivity index is 1.61. The lowest BCUT2D eigenvalue weighted by Gasteiger charge is -2.07. The fraction of sp³-hybridized carbons (Fsp3) is 0.111. The molecule has 0 fully saturated rings. The summed E-state index contributed by atoms with van der Waals surface area (Å²) in [6, 6.07) is 19.7. The Morgan fingerprint density at radius 3 is 2.33 bits per heavy atom. The van der Waals surface area contributed by atoms with Gasteiger partial charge < -0.3 is 18.9 Å². The van der Waals surface area contributed by atoms with E-state index >= 15 is 0 Å². The molecule has 3 aromatic carbocycles. The molecule has 2 heterocycles. The zero-order valence-corrected chi connectivity index (χ0v) is 18.4. The van der Waals surface area contributed by atoms with Crippen LogP contribution in [0.25, 0.3) is 21.9 Å². The van der Waals surface area contributed by atoms with Gasteiger partial charge in [0.25, 0.3) is 5.91 Å². The van der Waals surface area contributed by atoms with Crippen molar-refractivity contribution in [3.05, 3.63) is 94.9 Å². The minimum atomic E-state index is -0.399. The molecule has 0 aliphatic carbocycles. The number of carbonyl (C=O) groups excluding carboxylic acids is 2. The van der Waals surface area contributed by atoms with Gasteiger partial charge in [0.05, 0.1) is 18.4 Å². The highest BCUT2D eigenvalue weighted by Gasteiger charge is 2.26. The maximum absolute atomic E-state index is 13.4. The third-order valence-corrected chi connectivity index (χ3v) is 5.65. The van der Waals surface area contributed by atoms with Gasteiger partial charge in [-0.15, -0.1) is 0 Å². The first kappa shape index (κ1) is 20.6. The number of para-hydroxylation sites is 1. The van der Waals surface area contributed by atoms with Gasteiger partial charge in [-0.3, -0.25) is 9.59 Å². The van der Waals surface area contributed by atoms with Crippen molar-refractivity contribution in [2.45, 2.75) is 13.8 Å². The minimum Gasteiger partial charge on any atom is -0.497 e. The van der Waals surface area contributed by atoms with E-state index in [1.807, 2.05) is 37.3 Å². The highest BCUT2D eigenvalue weighted by molar-refractivity contribution is 6.21. The Hall–Kier alpha value is -4.32. The van der Waals surface area contributed by atoms with Gasteiger partial charge in [0.15, 0.2) is 5.76 Å². The van der Waals surface area contributed by atoms with Crippen molar-refractivity contribution in [2.75, 3.05) is 12.4 Å². The molecular formula is C27H21NO5. The van der Waals surface area contributed by atoms with E-state index in [2.05, 4.69) is 5.32 Å². The number of methoxy groups -OCH3 is 1. The van der Waals surface area contributed by atoms with Gasteiger partial charge in [0, 0.05) is 16.3 Å². The van der Waals surface area contributed by atoms with Gasteiger partial charge in [-0.05, 0) is 44.2 Å². The average molecular weight is 439 g/mol. The Morgan fingerprint density at radius 1 is 0.848 bits per heavy atom. The van der Waals surface area contributed by atoms with Crippen LogP contribution in [0.5, 0.6) is 5.75 Å². The average Bonchev–Trinajstić information content (AvgIpc) is 3.35. The van der Waals surface area contributed by atoms with Crippen molar-refractivity contribution in [3.63, 3.8) is 0 Å². The van der Waals surface area contributed by atoms with Crippen molar-refractivity contribution in [1.29, 1.82) is 0 Å². The Bertz CT molecular complexity index is 1520. The predicted octanol–water partition coefficient (Wildman–Crippen LogP) is 6.29.